The van der Waals surface area contributed by atoms with E-state index in [1.165, 1.54) is 16.3 Å². The van der Waals surface area contributed by atoms with Crippen LogP contribution in [0.2, 0.25) is 0 Å². The summed E-state index contributed by atoms with van der Waals surface area (Å²) >= 11 is 0. The second-order valence-electron chi connectivity index (χ2n) is 5.90. The minimum atomic E-state index is -0.866. The quantitative estimate of drug-likeness (QED) is 0.741. The zero-order valence-electron chi connectivity index (χ0n) is 12.5. The molecule has 0 radical (unpaired) electrons. The molecule has 0 aliphatic rings. The maximum atomic E-state index is 11.0. The van der Waals surface area contributed by atoms with E-state index >= 15 is 0 Å². The molecule has 0 amide bonds. The van der Waals surface area contributed by atoms with Crippen LogP contribution in [-0.4, -0.2) is 5.11 Å². The summed E-state index contributed by atoms with van der Waals surface area (Å²) < 4.78 is 0. The molecule has 0 bridgehead atoms. The molecule has 0 fully saturated rings. The van der Waals surface area contributed by atoms with E-state index in [9.17, 15) is 5.11 Å². The summed E-state index contributed by atoms with van der Waals surface area (Å²) in [5.41, 5.74) is 2.44. The number of aliphatic hydroxyl groups is 1. The number of hydrogen-bond donors (Lipinski definition) is 1. The minimum absolute atomic E-state index is 0.610. The van der Waals surface area contributed by atoms with Crippen LogP contribution in [0.1, 0.15) is 23.6 Å². The fraction of sp³-hybridized carbons (Fsp3) is 0.200. The summed E-state index contributed by atoms with van der Waals surface area (Å²) in [5.74, 6) is 0. The molecule has 3 aromatic carbocycles. The van der Waals surface area contributed by atoms with Crippen LogP contribution in [-0.2, 0) is 12.0 Å². The smallest absolute Gasteiger partial charge is 0.0911 e. The van der Waals surface area contributed by atoms with E-state index in [0.717, 1.165) is 11.1 Å². The van der Waals surface area contributed by atoms with Crippen LogP contribution in [0.3, 0.4) is 0 Å². The Kier molecular flexibility index (Phi) is 3.52. The van der Waals surface area contributed by atoms with Gasteiger partial charge in [-0.1, -0.05) is 66.7 Å². The Labute approximate surface area is 125 Å². The Morgan fingerprint density at radius 2 is 1.52 bits per heavy atom. The molecule has 0 spiro atoms. The molecule has 0 saturated carbocycles. The third-order valence-corrected chi connectivity index (χ3v) is 4.14. The van der Waals surface area contributed by atoms with E-state index in [4.69, 9.17) is 0 Å². The van der Waals surface area contributed by atoms with Crippen molar-refractivity contribution < 1.29 is 5.11 Å². The van der Waals surface area contributed by atoms with E-state index in [0.29, 0.717) is 6.42 Å². The minimum Gasteiger partial charge on any atom is -0.385 e. The Morgan fingerprint density at radius 3 is 2.33 bits per heavy atom. The van der Waals surface area contributed by atoms with Gasteiger partial charge in [0.05, 0.1) is 5.60 Å². The van der Waals surface area contributed by atoms with Gasteiger partial charge >= 0.3 is 0 Å². The SMILES string of the molecule is Cc1ccccc1C(C)(O)Cc1cccc2ccccc12. The van der Waals surface area contributed by atoms with E-state index in [1.54, 1.807) is 0 Å². The molecule has 3 rings (SSSR count). The standard InChI is InChI=1S/C20H20O/c1-15-8-3-6-13-19(15)20(2,21)14-17-11-7-10-16-9-4-5-12-18(16)17/h3-13,21H,14H2,1-2H3. The first-order valence-corrected chi connectivity index (χ1v) is 7.33. The third-order valence-electron chi connectivity index (χ3n) is 4.14. The molecule has 0 aliphatic heterocycles. The monoisotopic (exact) mass is 276 g/mol. The van der Waals surface area contributed by atoms with Gasteiger partial charge in [0.2, 0.25) is 0 Å². The lowest BCUT2D eigenvalue weighted by Crippen LogP contribution is -2.25. The van der Waals surface area contributed by atoms with Crippen LogP contribution in [0.15, 0.2) is 66.7 Å². The fourth-order valence-corrected chi connectivity index (χ4v) is 3.09. The molecule has 0 aromatic heterocycles. The largest absolute Gasteiger partial charge is 0.385 e. The van der Waals surface area contributed by atoms with Crippen LogP contribution < -0.4 is 0 Å². The molecular weight excluding hydrogens is 256 g/mol. The van der Waals surface area contributed by atoms with Gasteiger partial charge in [-0.3, -0.25) is 0 Å². The zero-order valence-corrected chi connectivity index (χ0v) is 12.5. The summed E-state index contributed by atoms with van der Waals surface area (Å²) in [7, 11) is 0. The van der Waals surface area contributed by atoms with Crippen LogP contribution in [0.25, 0.3) is 10.8 Å². The first-order valence-electron chi connectivity index (χ1n) is 7.33. The van der Waals surface area contributed by atoms with Gasteiger partial charge in [0.1, 0.15) is 0 Å². The lowest BCUT2D eigenvalue weighted by atomic mass is 9.85. The summed E-state index contributed by atoms with van der Waals surface area (Å²) in [6.07, 6.45) is 0.610. The van der Waals surface area contributed by atoms with E-state index in [1.807, 2.05) is 50.2 Å². The number of rotatable bonds is 3. The summed E-state index contributed by atoms with van der Waals surface area (Å²) in [6.45, 7) is 3.95. The highest BCUT2D eigenvalue weighted by Gasteiger charge is 2.25. The number of aryl methyl sites for hydroxylation is 1. The molecule has 3 aromatic rings. The van der Waals surface area contributed by atoms with Gasteiger partial charge < -0.3 is 5.11 Å². The van der Waals surface area contributed by atoms with Gasteiger partial charge in [-0.2, -0.15) is 0 Å². The van der Waals surface area contributed by atoms with E-state index < -0.39 is 5.60 Å². The lowest BCUT2D eigenvalue weighted by Gasteiger charge is -2.26. The van der Waals surface area contributed by atoms with Crippen LogP contribution in [0, 0.1) is 6.92 Å². The number of fused-ring (bicyclic) bond motifs is 1. The fourth-order valence-electron chi connectivity index (χ4n) is 3.09. The Bertz CT molecular complexity index is 766. The second-order valence-corrected chi connectivity index (χ2v) is 5.90. The summed E-state index contributed by atoms with van der Waals surface area (Å²) in [4.78, 5) is 0. The van der Waals surface area contributed by atoms with Crippen molar-refractivity contribution in [1.82, 2.24) is 0 Å². The lowest BCUT2D eigenvalue weighted by molar-refractivity contribution is 0.0573. The molecule has 1 N–H and O–H groups in total. The maximum Gasteiger partial charge on any atom is 0.0911 e. The highest BCUT2D eigenvalue weighted by atomic mass is 16.3. The number of hydrogen-bond acceptors (Lipinski definition) is 1. The van der Waals surface area contributed by atoms with Crippen molar-refractivity contribution in [2.75, 3.05) is 0 Å². The van der Waals surface area contributed by atoms with Crippen LogP contribution in [0.5, 0.6) is 0 Å². The number of benzene rings is 3. The molecule has 1 heteroatoms. The molecule has 1 nitrogen and oxygen atoms in total. The Morgan fingerprint density at radius 1 is 0.857 bits per heavy atom. The third kappa shape index (κ3) is 2.70. The predicted octanol–water partition coefficient (Wildman–Crippen LogP) is 4.60. The van der Waals surface area contributed by atoms with E-state index in [-0.39, 0.29) is 0 Å². The molecular formula is C20H20O. The molecule has 0 saturated heterocycles. The normalized spacial score (nSPS) is 14.0. The summed E-state index contributed by atoms with van der Waals surface area (Å²) in [6, 6.07) is 22.7. The molecule has 1 atom stereocenters. The zero-order chi connectivity index (χ0) is 14.9. The Hall–Kier alpha value is -2.12. The van der Waals surface area contributed by atoms with Crippen LogP contribution >= 0.6 is 0 Å². The van der Waals surface area contributed by atoms with Gasteiger partial charge in [-0.05, 0) is 41.3 Å². The van der Waals surface area contributed by atoms with Crippen molar-refractivity contribution in [2.24, 2.45) is 0 Å². The topological polar surface area (TPSA) is 20.2 Å². The highest BCUT2D eigenvalue weighted by Crippen LogP contribution is 2.30. The second kappa shape index (κ2) is 5.34. The first kappa shape index (κ1) is 13.8. The summed E-state index contributed by atoms with van der Waals surface area (Å²) in [5, 5.41) is 13.4. The van der Waals surface area contributed by atoms with Crippen molar-refractivity contribution in [3.8, 4) is 0 Å². The molecule has 0 aliphatic carbocycles. The first-order chi connectivity index (χ1) is 10.1. The Balaban J connectivity index is 2.04. The van der Waals surface area contributed by atoms with Crippen molar-refractivity contribution in [1.29, 1.82) is 0 Å². The van der Waals surface area contributed by atoms with Crippen molar-refractivity contribution in [2.45, 2.75) is 25.9 Å². The molecule has 1 unspecified atom stereocenters. The van der Waals surface area contributed by atoms with Gasteiger partial charge in [0.25, 0.3) is 0 Å². The molecule has 0 heterocycles. The van der Waals surface area contributed by atoms with Crippen molar-refractivity contribution in [3.05, 3.63) is 83.4 Å². The van der Waals surface area contributed by atoms with Crippen LogP contribution in [0.4, 0.5) is 0 Å². The van der Waals surface area contributed by atoms with Gasteiger partial charge in [0.15, 0.2) is 0 Å². The van der Waals surface area contributed by atoms with Gasteiger partial charge in [0, 0.05) is 6.42 Å². The van der Waals surface area contributed by atoms with Gasteiger partial charge in [-0.15, -0.1) is 0 Å². The maximum absolute atomic E-state index is 11.0. The average Bonchev–Trinajstić information content (AvgIpc) is 2.47. The molecule has 106 valence electrons. The predicted molar refractivity (Wildman–Crippen MR) is 88.4 cm³/mol. The van der Waals surface area contributed by atoms with Gasteiger partial charge in [-0.25, -0.2) is 0 Å². The van der Waals surface area contributed by atoms with Crippen molar-refractivity contribution in [3.63, 3.8) is 0 Å². The highest BCUT2D eigenvalue weighted by molar-refractivity contribution is 5.85. The average molecular weight is 276 g/mol. The van der Waals surface area contributed by atoms with Crippen molar-refractivity contribution >= 4 is 10.8 Å². The van der Waals surface area contributed by atoms with E-state index in [2.05, 4.69) is 30.3 Å². The molecule has 21 heavy (non-hydrogen) atoms.